The summed E-state index contributed by atoms with van der Waals surface area (Å²) in [5.74, 6) is -0.189. The normalized spacial score (nSPS) is 14.6. The van der Waals surface area contributed by atoms with Gasteiger partial charge in [0.25, 0.3) is 0 Å². The Labute approximate surface area is 371 Å². The number of phosphoric ester groups is 1. The molecule has 0 radical (unpaired) electrons. The van der Waals surface area contributed by atoms with Crippen molar-refractivity contribution in [3.63, 3.8) is 0 Å². The Bertz CT molecular complexity index is 1120. The first-order valence-electron chi connectivity index (χ1n) is 25.0. The van der Waals surface area contributed by atoms with Gasteiger partial charge in [0.15, 0.2) is 0 Å². The van der Waals surface area contributed by atoms with E-state index in [1.165, 1.54) is 154 Å². The molecule has 8 nitrogen and oxygen atoms in total. The number of nitrogens with one attached hydrogen (secondary N) is 1. The maximum Gasteiger partial charge on any atom is 0.472 e. The maximum atomic E-state index is 12.9. The summed E-state index contributed by atoms with van der Waals surface area (Å²) in [5, 5.41) is 13.8. The Hall–Kier alpha value is -1.54. The number of aliphatic hydroxyl groups is 1. The van der Waals surface area contributed by atoms with Crippen LogP contribution in [0, 0.1) is 0 Å². The highest BCUT2D eigenvalue weighted by Crippen LogP contribution is 2.43. The number of aliphatic hydroxyl groups excluding tert-OH is 1. The molecule has 0 saturated heterocycles. The lowest BCUT2D eigenvalue weighted by atomic mass is 10.0. The molecule has 0 aliphatic carbocycles. The van der Waals surface area contributed by atoms with E-state index in [1.807, 2.05) is 27.2 Å². The van der Waals surface area contributed by atoms with Gasteiger partial charge in [0.1, 0.15) is 13.2 Å². The first-order valence-corrected chi connectivity index (χ1v) is 26.5. The smallest absolute Gasteiger partial charge is 0.387 e. The van der Waals surface area contributed by atoms with Gasteiger partial charge in [-0.15, -0.1) is 0 Å². The zero-order chi connectivity index (χ0) is 44.3. The molecule has 0 aliphatic heterocycles. The Morgan fingerprint density at radius 2 is 0.967 bits per heavy atom. The summed E-state index contributed by atoms with van der Waals surface area (Å²) < 4.78 is 23.6. The van der Waals surface area contributed by atoms with Crippen LogP contribution >= 0.6 is 7.82 Å². The predicted molar refractivity (Wildman–Crippen MR) is 258 cm³/mol. The number of rotatable bonds is 45. The second-order valence-electron chi connectivity index (χ2n) is 18.2. The lowest BCUT2D eigenvalue weighted by Gasteiger charge is -2.25. The quantitative estimate of drug-likeness (QED) is 0.0244. The second-order valence-corrected chi connectivity index (χ2v) is 19.6. The van der Waals surface area contributed by atoms with Crippen LogP contribution in [0.15, 0.2) is 48.6 Å². The van der Waals surface area contributed by atoms with E-state index in [9.17, 15) is 19.4 Å². The van der Waals surface area contributed by atoms with Crippen molar-refractivity contribution in [3.8, 4) is 0 Å². The van der Waals surface area contributed by atoms with Crippen molar-refractivity contribution in [1.82, 2.24) is 5.32 Å². The number of quaternary nitrogens is 1. The number of hydrogen-bond acceptors (Lipinski definition) is 5. The number of unbranched alkanes of at least 4 members (excludes halogenated alkanes) is 26. The number of allylic oxidation sites excluding steroid dienone is 7. The number of carbonyl (C=O) groups excluding carboxylic acids is 1. The molecule has 3 unspecified atom stereocenters. The van der Waals surface area contributed by atoms with E-state index in [4.69, 9.17) is 9.05 Å². The second kappa shape index (κ2) is 42.7. The molecule has 0 heterocycles. The van der Waals surface area contributed by atoms with Crippen molar-refractivity contribution in [3.05, 3.63) is 48.6 Å². The molecule has 1 amide bonds. The van der Waals surface area contributed by atoms with Gasteiger partial charge in [-0.2, -0.15) is 0 Å². The molecule has 3 N–H and O–H groups in total. The number of carbonyl (C=O) groups is 1. The van der Waals surface area contributed by atoms with E-state index in [0.29, 0.717) is 17.4 Å². The Morgan fingerprint density at radius 1 is 0.567 bits per heavy atom. The number of phosphoric acid groups is 1. The van der Waals surface area contributed by atoms with Gasteiger partial charge < -0.3 is 19.8 Å². The molecule has 60 heavy (non-hydrogen) atoms. The number of likely N-dealkylation sites (N-methyl/N-ethyl adjacent to an activating group) is 1. The van der Waals surface area contributed by atoms with E-state index in [1.54, 1.807) is 6.08 Å². The van der Waals surface area contributed by atoms with Crippen LogP contribution in [0.1, 0.15) is 219 Å². The first kappa shape index (κ1) is 58.5. The largest absolute Gasteiger partial charge is 0.472 e. The summed E-state index contributed by atoms with van der Waals surface area (Å²) in [6, 6.07) is -0.863. The van der Waals surface area contributed by atoms with Gasteiger partial charge in [0.2, 0.25) is 5.91 Å². The number of amides is 1. The summed E-state index contributed by atoms with van der Waals surface area (Å²) in [5.41, 5.74) is 0. The summed E-state index contributed by atoms with van der Waals surface area (Å²) >= 11 is 0. The third-order valence-electron chi connectivity index (χ3n) is 11.0. The van der Waals surface area contributed by atoms with E-state index in [2.05, 4.69) is 55.6 Å². The Kier molecular flexibility index (Phi) is 41.6. The Balaban J connectivity index is 4.25. The summed E-state index contributed by atoms with van der Waals surface area (Å²) in [7, 11) is 1.55. The Morgan fingerprint density at radius 3 is 1.43 bits per heavy atom. The van der Waals surface area contributed by atoms with E-state index < -0.39 is 20.0 Å². The third kappa shape index (κ3) is 44.5. The molecule has 0 saturated carbocycles. The van der Waals surface area contributed by atoms with Crippen LogP contribution in [-0.4, -0.2) is 73.4 Å². The zero-order valence-electron chi connectivity index (χ0n) is 39.9. The van der Waals surface area contributed by atoms with Gasteiger partial charge in [-0.3, -0.25) is 13.8 Å². The molecule has 0 aromatic rings. The van der Waals surface area contributed by atoms with Crippen molar-refractivity contribution in [2.24, 2.45) is 0 Å². The van der Waals surface area contributed by atoms with Crippen LogP contribution in [-0.2, 0) is 18.4 Å². The zero-order valence-corrected chi connectivity index (χ0v) is 40.8. The highest BCUT2D eigenvalue weighted by Gasteiger charge is 2.27. The van der Waals surface area contributed by atoms with E-state index in [-0.39, 0.29) is 19.1 Å². The monoisotopic (exact) mass is 866 g/mol. The molecule has 3 atom stereocenters. The standard InChI is InChI=1S/C51H97N2O6P/c1-6-8-10-12-14-16-18-20-21-22-23-24-25-26-27-28-29-30-31-33-35-37-39-41-43-45-51(55)52-49(48-59-60(56,57)58-47-46-53(3,4)5)50(54)44-42-40-38-36-34-32-19-17-15-13-11-9-7-2/h18,20,22-23,34,36,42,44,49-50,54H,6-17,19,21,24-33,35,37-41,43,45-48H2,1-5H3,(H-,52,55,56,57)/p+1/b20-18-,23-22-,36-34+,44-42+. The molecule has 0 rings (SSSR count). The van der Waals surface area contributed by atoms with Gasteiger partial charge in [-0.25, -0.2) is 4.57 Å². The lowest BCUT2D eigenvalue weighted by molar-refractivity contribution is -0.870. The molecule has 0 aromatic carbocycles. The fourth-order valence-electron chi connectivity index (χ4n) is 7.03. The average Bonchev–Trinajstić information content (AvgIpc) is 3.20. The van der Waals surface area contributed by atoms with Gasteiger partial charge >= 0.3 is 7.82 Å². The van der Waals surface area contributed by atoms with Crippen LogP contribution in [0.2, 0.25) is 0 Å². The summed E-state index contributed by atoms with van der Waals surface area (Å²) in [4.78, 5) is 23.2. The highest BCUT2D eigenvalue weighted by molar-refractivity contribution is 7.47. The highest BCUT2D eigenvalue weighted by atomic mass is 31.2. The minimum atomic E-state index is -4.35. The lowest BCUT2D eigenvalue weighted by Crippen LogP contribution is -2.45. The molecule has 352 valence electrons. The van der Waals surface area contributed by atoms with Crippen molar-refractivity contribution in [1.29, 1.82) is 0 Å². The summed E-state index contributed by atoms with van der Waals surface area (Å²) in [6.07, 6.45) is 54.8. The molecule has 0 bridgehead atoms. The number of hydrogen-bond donors (Lipinski definition) is 3. The molecule has 0 aliphatic rings. The van der Waals surface area contributed by atoms with Crippen molar-refractivity contribution >= 4 is 13.7 Å². The average molecular weight is 866 g/mol. The third-order valence-corrected chi connectivity index (χ3v) is 12.0. The van der Waals surface area contributed by atoms with Crippen LogP contribution < -0.4 is 5.32 Å². The van der Waals surface area contributed by atoms with Crippen LogP contribution in [0.3, 0.4) is 0 Å². The molecule has 0 spiro atoms. The van der Waals surface area contributed by atoms with E-state index in [0.717, 1.165) is 44.9 Å². The number of nitrogens with zero attached hydrogens (tertiary/aromatic N) is 1. The molecular formula is C51H98N2O6P+. The van der Waals surface area contributed by atoms with Gasteiger partial charge in [-0.1, -0.05) is 197 Å². The van der Waals surface area contributed by atoms with Gasteiger partial charge in [0.05, 0.1) is 39.9 Å². The molecule has 0 aromatic heterocycles. The molecular weight excluding hydrogens is 768 g/mol. The summed E-state index contributed by atoms with van der Waals surface area (Å²) in [6.45, 7) is 4.77. The van der Waals surface area contributed by atoms with Crippen LogP contribution in [0.4, 0.5) is 0 Å². The predicted octanol–water partition coefficient (Wildman–Crippen LogP) is 14.4. The van der Waals surface area contributed by atoms with E-state index >= 15 is 0 Å². The fraction of sp³-hybridized carbons (Fsp3) is 0.824. The molecule has 0 fully saturated rings. The van der Waals surface area contributed by atoms with Crippen molar-refractivity contribution < 1.29 is 32.9 Å². The first-order chi connectivity index (χ1) is 29.0. The van der Waals surface area contributed by atoms with Crippen molar-refractivity contribution in [2.45, 2.75) is 231 Å². The minimum absolute atomic E-state index is 0.0554. The molecule has 9 heteroatoms. The van der Waals surface area contributed by atoms with Crippen molar-refractivity contribution in [2.75, 3.05) is 40.9 Å². The van der Waals surface area contributed by atoms with Gasteiger partial charge in [0, 0.05) is 6.42 Å². The minimum Gasteiger partial charge on any atom is -0.387 e. The SMILES string of the molecule is CCCCCCC/C=C\C/C=C\CCCCCCCCCCCCCCCC(=O)NC(COP(=O)(O)OCC[N+](C)(C)C)C(O)/C=C/CC/C=C/CCCCCCCCC. The fourth-order valence-corrected chi connectivity index (χ4v) is 7.76. The van der Waals surface area contributed by atoms with Crippen LogP contribution in [0.5, 0.6) is 0 Å². The van der Waals surface area contributed by atoms with Crippen LogP contribution in [0.25, 0.3) is 0 Å². The van der Waals surface area contributed by atoms with Gasteiger partial charge in [-0.05, 0) is 64.2 Å². The maximum absolute atomic E-state index is 12.9. The topological polar surface area (TPSA) is 105 Å².